The fourth-order valence-electron chi connectivity index (χ4n) is 9.30. The number of benzene rings is 4. The van der Waals surface area contributed by atoms with Gasteiger partial charge in [0, 0.05) is 81.7 Å². The maximum absolute atomic E-state index is 12.6. The van der Waals surface area contributed by atoms with Gasteiger partial charge in [0.1, 0.15) is 0 Å². The third-order valence-electron chi connectivity index (χ3n) is 12.7. The van der Waals surface area contributed by atoms with E-state index in [1.54, 1.807) is 60.9 Å². The van der Waals surface area contributed by atoms with Gasteiger partial charge in [-0.1, -0.05) is 63.4 Å². The fraction of sp³-hybridized carbons (Fsp3) is 0.273. The van der Waals surface area contributed by atoms with Gasteiger partial charge in [0.25, 0.3) is 11.8 Å². The Labute approximate surface area is 409 Å². The molecule has 3 aliphatic rings. The Balaban J connectivity index is 0.000000201. The Kier molecular flexibility index (Phi) is 15.9. The molecule has 15 nitrogen and oxygen atoms in total. The van der Waals surface area contributed by atoms with E-state index in [-0.39, 0.29) is 50.8 Å². The van der Waals surface area contributed by atoms with Crippen LogP contribution < -0.4 is 32.7 Å². The van der Waals surface area contributed by atoms with Crippen molar-refractivity contribution in [3.63, 3.8) is 0 Å². The molecule has 4 atom stereocenters. The second-order valence-corrected chi connectivity index (χ2v) is 17.4. The second kappa shape index (κ2) is 22.5. The highest BCUT2D eigenvalue weighted by Gasteiger charge is 2.27. The van der Waals surface area contributed by atoms with Crippen molar-refractivity contribution < 1.29 is 9.59 Å². The number of aromatic nitrogens is 5. The van der Waals surface area contributed by atoms with Crippen LogP contribution in [0.1, 0.15) is 104 Å². The van der Waals surface area contributed by atoms with E-state index in [9.17, 15) is 9.59 Å². The first-order chi connectivity index (χ1) is 33.2. The number of hydrogen-bond donors (Lipinski definition) is 7. The maximum Gasteiger partial charge on any atom is 0.251 e. The average Bonchev–Trinajstić information content (AvgIpc) is 4.00. The maximum atomic E-state index is 12.6. The van der Waals surface area contributed by atoms with Gasteiger partial charge in [-0.2, -0.15) is 0 Å². The number of nitrogen functional groups attached to an aromatic ring is 2. The van der Waals surface area contributed by atoms with E-state index in [4.69, 9.17) is 34.6 Å². The minimum Gasteiger partial charge on any atom is -0.399 e. The fourth-order valence-corrected chi connectivity index (χ4v) is 9.30. The first-order valence-electron chi connectivity index (χ1n) is 22.9. The highest BCUT2D eigenvalue weighted by molar-refractivity contribution is 5.98. The Morgan fingerprint density at radius 1 is 0.614 bits per heavy atom. The second-order valence-electron chi connectivity index (χ2n) is 17.4. The number of nitrogens with two attached hydrogens (primary N) is 2. The molecule has 3 heterocycles. The van der Waals surface area contributed by atoms with Crippen molar-refractivity contribution >= 4 is 62.9 Å². The van der Waals surface area contributed by atoms with Crippen molar-refractivity contribution in [2.45, 2.75) is 96.8 Å². The van der Waals surface area contributed by atoms with Gasteiger partial charge in [0.2, 0.25) is 23.3 Å². The molecule has 0 saturated heterocycles. The van der Waals surface area contributed by atoms with Crippen LogP contribution in [0.4, 0.5) is 34.6 Å². The van der Waals surface area contributed by atoms with Crippen molar-refractivity contribution in [3.05, 3.63) is 173 Å². The predicted molar refractivity (Wildman–Crippen MR) is 281 cm³/mol. The zero-order valence-corrected chi connectivity index (χ0v) is 37.4. The molecule has 0 bridgehead atoms. The first-order valence-corrected chi connectivity index (χ1v) is 22.9. The molecule has 0 radical (unpaired) electrons. The lowest BCUT2D eigenvalue weighted by atomic mass is 9.91. The minimum atomic E-state index is -0.0927. The lowest BCUT2D eigenvalue weighted by molar-refractivity contribution is 0.0917. The van der Waals surface area contributed by atoms with Crippen molar-refractivity contribution in [2.75, 3.05) is 22.1 Å². The highest BCUT2D eigenvalue weighted by Crippen LogP contribution is 2.37. The zero-order chi connectivity index (χ0) is 47.0. The third-order valence-corrected chi connectivity index (χ3v) is 12.7. The molecular formula is C55H59N13O2. The number of allylic oxidation sites excluding steroid dienone is 1. The van der Waals surface area contributed by atoms with E-state index in [2.05, 4.69) is 64.1 Å². The molecule has 356 valence electrons. The quantitative estimate of drug-likeness (QED) is 0.0509. The number of anilines is 4. The van der Waals surface area contributed by atoms with E-state index >= 15 is 0 Å². The summed E-state index contributed by atoms with van der Waals surface area (Å²) in [4.78, 5) is 54.0. The Morgan fingerprint density at radius 3 is 1.69 bits per heavy atom. The highest BCUT2D eigenvalue weighted by atomic mass is 16.2. The van der Waals surface area contributed by atoms with Gasteiger partial charge in [-0.25, -0.2) is 29.6 Å². The van der Waals surface area contributed by atoms with Crippen LogP contribution in [-0.2, 0) is 6.42 Å². The van der Waals surface area contributed by atoms with Gasteiger partial charge in [-0.05, 0) is 129 Å². The number of nitrogens with one attached hydrogen (secondary N) is 5. The van der Waals surface area contributed by atoms with E-state index in [0.717, 1.165) is 85.4 Å². The molecule has 70 heavy (non-hydrogen) atoms. The number of amides is 2. The van der Waals surface area contributed by atoms with E-state index < -0.39 is 0 Å². The molecule has 2 amide bonds. The summed E-state index contributed by atoms with van der Waals surface area (Å²) in [6.07, 6.45) is 15.4. The van der Waals surface area contributed by atoms with E-state index in [1.807, 2.05) is 42.6 Å². The minimum absolute atomic E-state index is 0. The molecule has 2 saturated carbocycles. The standard InChI is InChI=1S/C27H26N6O.C26H25N7O.2CH4/c1-29-24-16-30-27(33-25(24)23-14-11-17-5-2-3-8-22(17)23)32-21-7-4-6-20(15-21)31-26(34)18-9-12-19(28)13-10-18;1-28-23-15-30-26(33-24(23)21-14-29-22-8-3-2-7-20(21)22)32-19-6-4-5-18(13-19)31-25(34)16-9-11-17(27)12-10-16;;/h2-3,5,8-10,12-14,16,20-21H,4,6-7,11,15,28H2,(H,31,34)(H,30,32,33);2-3,7-12,14-15,18-19,29H,4-6,13,27H2,(H,31,34)(H,30,32,33);2*1H4/t20-,21+;18-,19+;;/m00../s1. The summed E-state index contributed by atoms with van der Waals surface area (Å²) >= 11 is 0. The van der Waals surface area contributed by atoms with Crippen LogP contribution in [0, 0.1) is 13.1 Å². The van der Waals surface area contributed by atoms with Gasteiger partial charge in [0.05, 0.1) is 24.5 Å². The Morgan fingerprint density at radius 2 is 1.11 bits per heavy atom. The SMILES string of the molecule is C.C.[C-]#[N+]c1cnc(N[C@@H]2CCC[C@H](NC(=O)c3ccc(N)cc3)C2)nc1-c1c[nH]c2ccccc12.[C-]#[N+]c1cnc(N[C@@H]2CCC[C@H](NC(=O)c3ccc(N)cc3)C2)nc1C1=CCc2ccccc21. The number of aromatic amines is 1. The predicted octanol–water partition coefficient (Wildman–Crippen LogP) is 10.9. The molecule has 3 aliphatic carbocycles. The molecule has 3 aromatic heterocycles. The summed E-state index contributed by atoms with van der Waals surface area (Å²) in [6, 6.07) is 30.5. The largest absolute Gasteiger partial charge is 0.399 e. The van der Waals surface area contributed by atoms with Gasteiger partial charge in [-0.15, -0.1) is 0 Å². The van der Waals surface area contributed by atoms with Gasteiger partial charge in [0.15, 0.2) is 0 Å². The molecule has 0 unspecified atom stereocenters. The molecule has 4 aromatic carbocycles. The molecular weight excluding hydrogens is 875 g/mol. The van der Waals surface area contributed by atoms with Crippen molar-refractivity contribution in [3.8, 4) is 11.3 Å². The molecule has 0 spiro atoms. The number of para-hydroxylation sites is 1. The van der Waals surface area contributed by atoms with Crippen molar-refractivity contribution in [1.29, 1.82) is 0 Å². The van der Waals surface area contributed by atoms with Crippen LogP contribution in [-0.4, -0.2) is 60.9 Å². The van der Waals surface area contributed by atoms with Crippen LogP contribution in [0.25, 0.3) is 37.4 Å². The summed E-state index contributed by atoms with van der Waals surface area (Å²) in [5, 5.41) is 14.2. The Bertz CT molecular complexity index is 3080. The smallest absolute Gasteiger partial charge is 0.251 e. The number of carbonyl (C=O) groups is 2. The van der Waals surface area contributed by atoms with E-state index in [0.29, 0.717) is 57.2 Å². The zero-order valence-electron chi connectivity index (χ0n) is 37.4. The topological polar surface area (TPSA) is 210 Å². The molecule has 15 heteroatoms. The number of nitrogens with zero attached hydrogens (tertiary/aromatic N) is 6. The average molecular weight is 934 g/mol. The van der Waals surface area contributed by atoms with Crippen LogP contribution in [0.2, 0.25) is 0 Å². The molecule has 9 N–H and O–H groups in total. The van der Waals surface area contributed by atoms with Crippen LogP contribution >= 0.6 is 0 Å². The van der Waals surface area contributed by atoms with Crippen molar-refractivity contribution in [1.82, 2.24) is 35.6 Å². The van der Waals surface area contributed by atoms with Gasteiger partial charge < -0.3 is 37.7 Å². The number of hydrogen-bond acceptors (Lipinski definition) is 10. The summed E-state index contributed by atoms with van der Waals surface area (Å²) in [5.41, 5.74) is 21.3. The summed E-state index contributed by atoms with van der Waals surface area (Å²) < 4.78 is 0. The van der Waals surface area contributed by atoms with Gasteiger partial charge in [-0.3, -0.25) is 9.59 Å². The molecule has 10 rings (SSSR count). The number of fused-ring (bicyclic) bond motifs is 2. The monoisotopic (exact) mass is 933 g/mol. The van der Waals surface area contributed by atoms with Gasteiger partial charge >= 0.3 is 0 Å². The lowest BCUT2D eigenvalue weighted by Gasteiger charge is -2.30. The molecule has 2 fully saturated rings. The molecule has 0 aliphatic heterocycles. The van der Waals surface area contributed by atoms with Crippen LogP contribution in [0.5, 0.6) is 0 Å². The summed E-state index contributed by atoms with van der Waals surface area (Å²) in [5.74, 6) is 0.828. The van der Waals surface area contributed by atoms with Crippen molar-refractivity contribution in [2.24, 2.45) is 0 Å². The lowest BCUT2D eigenvalue weighted by Crippen LogP contribution is -2.42. The summed E-state index contributed by atoms with van der Waals surface area (Å²) in [7, 11) is 0. The number of carbonyl (C=O) groups excluding carboxylic acids is 2. The van der Waals surface area contributed by atoms with Crippen LogP contribution in [0.3, 0.4) is 0 Å². The first kappa shape index (κ1) is 49.3. The van der Waals surface area contributed by atoms with Crippen LogP contribution in [0.15, 0.2) is 122 Å². The number of rotatable bonds is 10. The van der Waals surface area contributed by atoms with E-state index in [1.165, 1.54) is 5.56 Å². The third kappa shape index (κ3) is 11.4. The number of H-pyrrole nitrogens is 1. The normalized spacial score (nSPS) is 17.8. The molecule has 7 aromatic rings. The Hall–Kier alpha value is -8.56. The summed E-state index contributed by atoms with van der Waals surface area (Å²) in [6.45, 7) is 15.1.